The van der Waals surface area contributed by atoms with E-state index in [4.69, 9.17) is 24.5 Å². The second-order valence-corrected chi connectivity index (χ2v) is 12.0. The standard InChI is InChI=1S/C23H39N6O7P/c1-14(2)34-18(30)9-16(5)36-37(32,28-23(7,8)22(31)35-15(3)4)13-33-17(6)10-29-12-27-19-20(24)25-11-26-21(19)29/h11-12,14-17H,9-10,13H2,1-8H3,(H,28,32)(H2,24,25,26)/t16-,17+,37?/m0/s1. The van der Waals surface area contributed by atoms with E-state index in [-0.39, 0.29) is 30.8 Å². The first-order valence-corrected chi connectivity index (χ1v) is 13.9. The summed E-state index contributed by atoms with van der Waals surface area (Å²) in [5.74, 6) is -0.830. The highest BCUT2D eigenvalue weighted by Gasteiger charge is 2.40. The molecule has 0 amide bonds. The number of aromatic nitrogens is 4. The zero-order valence-corrected chi connectivity index (χ0v) is 23.7. The topological polar surface area (TPSA) is 170 Å². The first-order chi connectivity index (χ1) is 17.1. The van der Waals surface area contributed by atoms with Crippen LogP contribution in [0.15, 0.2) is 12.7 Å². The van der Waals surface area contributed by atoms with E-state index in [1.165, 1.54) is 20.2 Å². The quantitative estimate of drug-likeness (QED) is 0.265. The molecular formula is C23H39N6O7P. The third-order valence-corrected chi connectivity index (χ3v) is 6.98. The van der Waals surface area contributed by atoms with Gasteiger partial charge in [-0.25, -0.2) is 20.0 Å². The molecule has 0 aliphatic carbocycles. The van der Waals surface area contributed by atoms with E-state index < -0.39 is 37.2 Å². The first kappa shape index (κ1) is 30.6. The van der Waals surface area contributed by atoms with Crippen molar-refractivity contribution < 1.29 is 32.9 Å². The molecule has 0 spiro atoms. The monoisotopic (exact) mass is 542 g/mol. The number of nitrogens with two attached hydrogens (primary N) is 1. The van der Waals surface area contributed by atoms with Crippen LogP contribution in [0.2, 0.25) is 0 Å². The number of imidazole rings is 1. The van der Waals surface area contributed by atoms with Gasteiger partial charge in [-0.15, -0.1) is 0 Å². The van der Waals surface area contributed by atoms with E-state index in [0.717, 1.165) is 0 Å². The third kappa shape index (κ3) is 9.33. The van der Waals surface area contributed by atoms with Gasteiger partial charge < -0.3 is 29.0 Å². The summed E-state index contributed by atoms with van der Waals surface area (Å²) in [5, 5.41) is 2.80. The molecule has 0 fully saturated rings. The Bertz CT molecular complexity index is 1120. The van der Waals surface area contributed by atoms with Crippen molar-refractivity contribution in [3.8, 4) is 0 Å². The van der Waals surface area contributed by atoms with Crippen LogP contribution >= 0.6 is 7.52 Å². The van der Waals surface area contributed by atoms with Crippen LogP contribution in [0.4, 0.5) is 5.82 Å². The van der Waals surface area contributed by atoms with Crippen LogP contribution in [-0.4, -0.2) is 67.8 Å². The van der Waals surface area contributed by atoms with E-state index in [9.17, 15) is 14.2 Å². The van der Waals surface area contributed by atoms with E-state index in [2.05, 4.69) is 20.0 Å². The largest absolute Gasteiger partial charge is 0.463 e. The Labute approximate surface area is 217 Å². The van der Waals surface area contributed by atoms with Gasteiger partial charge in [0.2, 0.25) is 0 Å². The molecule has 0 radical (unpaired) electrons. The second-order valence-electron chi connectivity index (χ2n) is 9.96. The van der Waals surface area contributed by atoms with Gasteiger partial charge in [0.15, 0.2) is 11.5 Å². The molecular weight excluding hydrogens is 503 g/mol. The van der Waals surface area contributed by atoms with Crippen molar-refractivity contribution in [3.05, 3.63) is 12.7 Å². The number of carbonyl (C=O) groups is 2. The van der Waals surface area contributed by atoms with Gasteiger partial charge in [0, 0.05) is 0 Å². The molecule has 13 nitrogen and oxygen atoms in total. The minimum absolute atomic E-state index is 0.127. The van der Waals surface area contributed by atoms with Crippen molar-refractivity contribution in [1.82, 2.24) is 24.6 Å². The number of hydrogen-bond donors (Lipinski definition) is 2. The maximum absolute atomic E-state index is 13.9. The number of nitrogens with zero attached hydrogens (tertiary/aromatic N) is 4. The summed E-state index contributed by atoms with van der Waals surface area (Å²) < 4.78 is 37.8. The summed E-state index contributed by atoms with van der Waals surface area (Å²) in [6, 6.07) is 0. The van der Waals surface area contributed by atoms with Crippen molar-refractivity contribution in [2.75, 3.05) is 12.1 Å². The molecule has 2 aromatic rings. The zero-order chi connectivity index (χ0) is 28.0. The number of fused-ring (bicyclic) bond motifs is 1. The Kier molecular flexibility index (Phi) is 10.6. The molecule has 0 saturated carbocycles. The third-order valence-electron chi connectivity index (χ3n) is 4.89. The average Bonchev–Trinajstić information content (AvgIpc) is 3.14. The Morgan fingerprint density at radius 3 is 2.32 bits per heavy atom. The van der Waals surface area contributed by atoms with Crippen LogP contribution < -0.4 is 10.8 Å². The van der Waals surface area contributed by atoms with Gasteiger partial charge in [0.25, 0.3) is 7.52 Å². The number of nitrogens with one attached hydrogen (secondary N) is 1. The van der Waals surface area contributed by atoms with Crippen molar-refractivity contribution in [2.24, 2.45) is 0 Å². The van der Waals surface area contributed by atoms with Gasteiger partial charge in [-0.2, -0.15) is 0 Å². The van der Waals surface area contributed by atoms with Gasteiger partial charge in [0.1, 0.15) is 23.7 Å². The average molecular weight is 543 g/mol. The lowest BCUT2D eigenvalue weighted by Crippen LogP contribution is -2.48. The molecule has 3 atom stereocenters. The summed E-state index contributed by atoms with van der Waals surface area (Å²) >= 11 is 0. The number of anilines is 1. The van der Waals surface area contributed by atoms with E-state index in [0.29, 0.717) is 17.7 Å². The molecule has 37 heavy (non-hydrogen) atoms. The molecule has 1 unspecified atom stereocenters. The van der Waals surface area contributed by atoms with Crippen LogP contribution in [0.25, 0.3) is 11.2 Å². The smallest absolute Gasteiger partial charge is 0.326 e. The van der Waals surface area contributed by atoms with Crippen molar-refractivity contribution in [2.45, 2.75) is 98.3 Å². The first-order valence-electron chi connectivity index (χ1n) is 12.1. The van der Waals surface area contributed by atoms with Crippen LogP contribution in [0.1, 0.15) is 61.8 Å². The SMILES string of the molecule is CC(C)OC(=O)C[C@H](C)OP(=O)(CO[C@H](C)Cn1cnc2c(N)ncnc21)NC(C)(C)C(=O)OC(C)C. The summed E-state index contributed by atoms with van der Waals surface area (Å²) in [6.07, 6.45) is 0.514. The van der Waals surface area contributed by atoms with Crippen molar-refractivity contribution >= 4 is 36.4 Å². The summed E-state index contributed by atoms with van der Waals surface area (Å²) in [6.45, 7) is 13.7. The van der Waals surface area contributed by atoms with Gasteiger partial charge >= 0.3 is 11.9 Å². The number of carbonyl (C=O) groups excluding carboxylic acids is 2. The molecule has 2 aromatic heterocycles. The molecule has 0 aliphatic rings. The lowest BCUT2D eigenvalue weighted by Gasteiger charge is -2.32. The second kappa shape index (κ2) is 12.8. The minimum Gasteiger partial charge on any atom is -0.463 e. The van der Waals surface area contributed by atoms with E-state index >= 15 is 0 Å². The van der Waals surface area contributed by atoms with E-state index in [1.54, 1.807) is 52.4 Å². The highest BCUT2D eigenvalue weighted by Crippen LogP contribution is 2.47. The molecule has 2 rings (SSSR count). The molecule has 3 N–H and O–H groups in total. The minimum atomic E-state index is -3.84. The van der Waals surface area contributed by atoms with Gasteiger partial charge in [-0.1, -0.05) is 0 Å². The number of hydrogen-bond acceptors (Lipinski definition) is 11. The molecule has 14 heteroatoms. The fourth-order valence-corrected chi connectivity index (χ4v) is 5.61. The van der Waals surface area contributed by atoms with Crippen LogP contribution in [0.3, 0.4) is 0 Å². The number of esters is 2. The zero-order valence-electron chi connectivity index (χ0n) is 22.8. The Balaban J connectivity index is 2.15. The number of nitrogen functional groups attached to an aromatic ring is 1. The molecule has 0 saturated heterocycles. The maximum atomic E-state index is 13.9. The molecule has 0 aliphatic heterocycles. The van der Waals surface area contributed by atoms with Gasteiger partial charge in [-0.3, -0.25) is 14.2 Å². The number of rotatable bonds is 14. The fraction of sp³-hybridized carbons (Fsp3) is 0.696. The lowest BCUT2D eigenvalue weighted by molar-refractivity contribution is -0.154. The molecule has 208 valence electrons. The summed E-state index contributed by atoms with van der Waals surface area (Å²) in [5.41, 5.74) is 5.49. The van der Waals surface area contributed by atoms with E-state index in [1.807, 2.05) is 0 Å². The Morgan fingerprint density at radius 1 is 1.05 bits per heavy atom. The lowest BCUT2D eigenvalue weighted by atomic mass is 10.1. The molecule has 2 heterocycles. The maximum Gasteiger partial charge on any atom is 0.326 e. The normalized spacial score (nSPS) is 15.5. The fourth-order valence-electron chi connectivity index (χ4n) is 3.38. The summed E-state index contributed by atoms with van der Waals surface area (Å²) in [4.78, 5) is 37.1. The van der Waals surface area contributed by atoms with Crippen molar-refractivity contribution in [1.29, 1.82) is 0 Å². The van der Waals surface area contributed by atoms with Crippen LogP contribution in [0.5, 0.6) is 0 Å². The van der Waals surface area contributed by atoms with Crippen LogP contribution in [0, 0.1) is 0 Å². The number of ether oxygens (including phenoxy) is 3. The Hall–Kier alpha value is -2.60. The predicted molar refractivity (Wildman–Crippen MR) is 138 cm³/mol. The van der Waals surface area contributed by atoms with Gasteiger partial charge in [0.05, 0.1) is 43.7 Å². The van der Waals surface area contributed by atoms with Crippen molar-refractivity contribution in [3.63, 3.8) is 0 Å². The predicted octanol–water partition coefficient (Wildman–Crippen LogP) is 3.03. The Morgan fingerprint density at radius 2 is 1.70 bits per heavy atom. The molecule has 0 bridgehead atoms. The molecule has 0 aromatic carbocycles. The highest BCUT2D eigenvalue weighted by molar-refractivity contribution is 7.56. The highest BCUT2D eigenvalue weighted by atomic mass is 31.2. The van der Waals surface area contributed by atoms with Gasteiger partial charge in [-0.05, 0) is 55.4 Å². The van der Waals surface area contributed by atoms with Crippen LogP contribution in [-0.2, 0) is 39.4 Å². The summed E-state index contributed by atoms with van der Waals surface area (Å²) in [7, 11) is -3.84.